The molecule has 0 aliphatic heterocycles. The van der Waals surface area contributed by atoms with E-state index in [9.17, 15) is 0 Å². The van der Waals surface area contributed by atoms with Gasteiger partial charge in [-0.15, -0.1) is 0 Å². The highest BCUT2D eigenvalue weighted by Crippen LogP contribution is 2.16. The number of ether oxygens (including phenoxy) is 2. The zero-order chi connectivity index (χ0) is 14.2. The second-order valence-electron chi connectivity index (χ2n) is 4.20. The average Bonchev–Trinajstić information content (AvgIpc) is 2.85. The lowest BCUT2D eigenvalue weighted by Gasteiger charge is -2.07. The van der Waals surface area contributed by atoms with Gasteiger partial charge in [-0.1, -0.05) is 0 Å². The normalized spacial score (nSPS) is 10.8. The molecule has 0 atom stereocenters. The summed E-state index contributed by atoms with van der Waals surface area (Å²) < 4.78 is 13.0. The third-order valence-electron chi connectivity index (χ3n) is 2.80. The topological polar surface area (TPSA) is 65.0 Å². The van der Waals surface area contributed by atoms with Crippen LogP contribution in [0.25, 0.3) is 11.4 Å². The molecule has 2 heterocycles. The number of rotatable bonds is 8. The molecule has 0 aliphatic carbocycles. The summed E-state index contributed by atoms with van der Waals surface area (Å²) in [5, 5.41) is 7.10. The van der Waals surface area contributed by atoms with Gasteiger partial charge in [0, 0.05) is 38.2 Å². The van der Waals surface area contributed by atoms with E-state index in [1.807, 2.05) is 16.7 Å². The predicted molar refractivity (Wildman–Crippen MR) is 78.0 cm³/mol. The molecule has 0 radical (unpaired) electrons. The van der Waals surface area contributed by atoms with Crippen LogP contribution in [0.15, 0.2) is 24.5 Å². The van der Waals surface area contributed by atoms with Crippen molar-refractivity contribution >= 4 is 12.2 Å². The SMILES string of the molecule is COCCOCCCn1c(-c2ccncc2)n[nH]c1=S. The molecule has 2 aromatic rings. The summed E-state index contributed by atoms with van der Waals surface area (Å²) in [6, 6.07) is 3.83. The minimum Gasteiger partial charge on any atom is -0.382 e. The zero-order valence-electron chi connectivity index (χ0n) is 11.4. The van der Waals surface area contributed by atoms with Crippen molar-refractivity contribution < 1.29 is 9.47 Å². The minimum absolute atomic E-state index is 0.616. The number of aromatic amines is 1. The third-order valence-corrected chi connectivity index (χ3v) is 3.11. The van der Waals surface area contributed by atoms with Crippen molar-refractivity contribution in [2.75, 3.05) is 26.9 Å². The van der Waals surface area contributed by atoms with Crippen molar-refractivity contribution in [2.45, 2.75) is 13.0 Å². The van der Waals surface area contributed by atoms with Gasteiger partial charge in [0.25, 0.3) is 0 Å². The Balaban J connectivity index is 1.95. The summed E-state index contributed by atoms with van der Waals surface area (Å²) in [6.45, 7) is 2.67. The van der Waals surface area contributed by atoms with Crippen molar-refractivity contribution in [2.24, 2.45) is 0 Å². The van der Waals surface area contributed by atoms with Crippen LogP contribution in [0.4, 0.5) is 0 Å². The van der Waals surface area contributed by atoms with Crippen LogP contribution >= 0.6 is 12.2 Å². The molecule has 0 unspecified atom stereocenters. The molecule has 0 spiro atoms. The van der Waals surface area contributed by atoms with E-state index in [0.717, 1.165) is 24.4 Å². The number of H-pyrrole nitrogens is 1. The van der Waals surface area contributed by atoms with E-state index < -0.39 is 0 Å². The van der Waals surface area contributed by atoms with E-state index >= 15 is 0 Å². The fraction of sp³-hybridized carbons (Fsp3) is 0.462. The molecular formula is C13H18N4O2S. The highest BCUT2D eigenvalue weighted by atomic mass is 32.1. The Morgan fingerprint density at radius 1 is 1.25 bits per heavy atom. The molecule has 0 saturated heterocycles. The molecule has 7 heteroatoms. The summed E-state index contributed by atoms with van der Waals surface area (Å²) in [4.78, 5) is 4.01. The Labute approximate surface area is 122 Å². The first-order valence-corrected chi connectivity index (χ1v) is 6.86. The Bertz CT molecular complexity index is 567. The van der Waals surface area contributed by atoms with Gasteiger partial charge in [-0.2, -0.15) is 5.10 Å². The Morgan fingerprint density at radius 2 is 2.05 bits per heavy atom. The second kappa shape index (κ2) is 7.88. The molecule has 6 nitrogen and oxygen atoms in total. The standard InChI is InChI=1S/C13H18N4O2S/c1-18-9-10-19-8-2-7-17-12(15-16-13(17)20)11-3-5-14-6-4-11/h3-6H,2,7-10H2,1H3,(H,16,20). The van der Waals surface area contributed by atoms with Crippen LogP contribution in [0.1, 0.15) is 6.42 Å². The number of pyridine rings is 1. The van der Waals surface area contributed by atoms with Gasteiger partial charge in [0.15, 0.2) is 10.6 Å². The maximum absolute atomic E-state index is 5.44. The van der Waals surface area contributed by atoms with Crippen molar-refractivity contribution in [3.05, 3.63) is 29.3 Å². The molecule has 108 valence electrons. The van der Waals surface area contributed by atoms with Crippen LogP contribution in [0, 0.1) is 4.77 Å². The molecule has 0 aliphatic rings. The van der Waals surface area contributed by atoms with Gasteiger partial charge in [-0.05, 0) is 30.8 Å². The summed E-state index contributed by atoms with van der Waals surface area (Å²) in [5.74, 6) is 0.828. The summed E-state index contributed by atoms with van der Waals surface area (Å²) in [7, 11) is 1.66. The first kappa shape index (κ1) is 14.8. The third kappa shape index (κ3) is 3.96. The largest absolute Gasteiger partial charge is 0.382 e. The van der Waals surface area contributed by atoms with E-state index in [4.69, 9.17) is 21.7 Å². The minimum atomic E-state index is 0.616. The molecule has 0 aromatic carbocycles. The molecule has 0 saturated carbocycles. The van der Waals surface area contributed by atoms with E-state index in [-0.39, 0.29) is 0 Å². The highest BCUT2D eigenvalue weighted by Gasteiger charge is 2.07. The van der Waals surface area contributed by atoms with Gasteiger partial charge in [-0.3, -0.25) is 10.1 Å². The van der Waals surface area contributed by atoms with Gasteiger partial charge >= 0.3 is 0 Å². The van der Waals surface area contributed by atoms with Crippen LogP contribution < -0.4 is 0 Å². The molecule has 0 fully saturated rings. The number of nitrogens with one attached hydrogen (secondary N) is 1. The van der Waals surface area contributed by atoms with E-state index in [1.165, 1.54) is 0 Å². The monoisotopic (exact) mass is 294 g/mol. The lowest BCUT2D eigenvalue weighted by Crippen LogP contribution is -2.07. The summed E-state index contributed by atoms with van der Waals surface area (Å²) >= 11 is 5.26. The fourth-order valence-corrected chi connectivity index (χ4v) is 2.04. The van der Waals surface area contributed by atoms with Gasteiger partial charge < -0.3 is 14.0 Å². The molecule has 20 heavy (non-hydrogen) atoms. The van der Waals surface area contributed by atoms with Crippen LogP contribution in [0.3, 0.4) is 0 Å². The molecule has 1 N–H and O–H groups in total. The van der Waals surface area contributed by atoms with Crippen LogP contribution in [-0.2, 0) is 16.0 Å². The van der Waals surface area contributed by atoms with E-state index in [1.54, 1.807) is 19.5 Å². The number of methoxy groups -OCH3 is 1. The Kier molecular flexibility index (Phi) is 5.85. The van der Waals surface area contributed by atoms with Crippen molar-refractivity contribution in [3.63, 3.8) is 0 Å². The van der Waals surface area contributed by atoms with Gasteiger partial charge in [0.05, 0.1) is 13.2 Å². The van der Waals surface area contributed by atoms with E-state index in [0.29, 0.717) is 24.6 Å². The summed E-state index contributed by atoms with van der Waals surface area (Å²) in [6.07, 6.45) is 4.35. The summed E-state index contributed by atoms with van der Waals surface area (Å²) in [5.41, 5.74) is 0.993. The number of aromatic nitrogens is 4. The first-order valence-electron chi connectivity index (χ1n) is 6.45. The van der Waals surface area contributed by atoms with Crippen molar-refractivity contribution in [3.8, 4) is 11.4 Å². The van der Waals surface area contributed by atoms with Crippen molar-refractivity contribution in [1.29, 1.82) is 0 Å². The average molecular weight is 294 g/mol. The molecular weight excluding hydrogens is 276 g/mol. The highest BCUT2D eigenvalue weighted by molar-refractivity contribution is 7.71. The maximum Gasteiger partial charge on any atom is 0.195 e. The van der Waals surface area contributed by atoms with Crippen LogP contribution in [0.2, 0.25) is 0 Å². The molecule has 0 amide bonds. The second-order valence-corrected chi connectivity index (χ2v) is 4.59. The van der Waals surface area contributed by atoms with Crippen LogP contribution in [0.5, 0.6) is 0 Å². The van der Waals surface area contributed by atoms with Gasteiger partial charge in [-0.25, -0.2) is 0 Å². The molecule has 0 bridgehead atoms. The molecule has 2 rings (SSSR count). The van der Waals surface area contributed by atoms with E-state index in [2.05, 4.69) is 15.2 Å². The zero-order valence-corrected chi connectivity index (χ0v) is 12.2. The quantitative estimate of drug-likeness (QED) is 0.596. The van der Waals surface area contributed by atoms with Gasteiger partial charge in [0.2, 0.25) is 0 Å². The maximum atomic E-state index is 5.44. The number of nitrogens with zero attached hydrogens (tertiary/aromatic N) is 3. The lowest BCUT2D eigenvalue weighted by molar-refractivity contribution is 0.0680. The Hall–Kier alpha value is -1.57. The fourth-order valence-electron chi connectivity index (χ4n) is 1.82. The number of hydrogen-bond donors (Lipinski definition) is 1. The smallest absolute Gasteiger partial charge is 0.195 e. The van der Waals surface area contributed by atoms with Gasteiger partial charge in [0.1, 0.15) is 0 Å². The first-order chi connectivity index (χ1) is 9.83. The Morgan fingerprint density at radius 3 is 2.80 bits per heavy atom. The van der Waals surface area contributed by atoms with Crippen LogP contribution in [-0.4, -0.2) is 46.7 Å². The lowest BCUT2D eigenvalue weighted by atomic mass is 10.2. The predicted octanol–water partition coefficient (Wildman–Crippen LogP) is 2.06. The number of hydrogen-bond acceptors (Lipinski definition) is 5. The molecule has 2 aromatic heterocycles. The van der Waals surface area contributed by atoms with Crippen molar-refractivity contribution in [1.82, 2.24) is 19.7 Å².